The molecule has 7 atom stereocenters. The molecule has 2 saturated carbocycles. The molecule has 1 spiro atoms. The quantitative estimate of drug-likeness (QED) is 0.153. The number of nitrogens with two attached hydrogens (primary N) is 1. The van der Waals surface area contributed by atoms with Crippen molar-refractivity contribution in [2.24, 2.45) is 11.7 Å². The van der Waals surface area contributed by atoms with Gasteiger partial charge in [-0.05, 0) is 87.5 Å². The fourth-order valence-electron chi connectivity index (χ4n) is 11.4. The van der Waals surface area contributed by atoms with E-state index < -0.39 is 71.3 Å². The Hall–Kier alpha value is -5.70. The number of nitrogens with one attached hydrogen (secondary N) is 6. The molecule has 9 rings (SSSR count). The molecule has 8 N–H and O–H groups in total. The van der Waals surface area contributed by atoms with E-state index in [0.29, 0.717) is 51.4 Å². The number of hydrogen-bond acceptors (Lipinski definition) is 7. The minimum atomic E-state index is -1.38. The van der Waals surface area contributed by atoms with Crippen molar-refractivity contribution in [1.82, 2.24) is 41.0 Å². The van der Waals surface area contributed by atoms with Crippen molar-refractivity contribution >= 4 is 57.2 Å². The Labute approximate surface area is 367 Å². The maximum atomic E-state index is 15.2. The van der Waals surface area contributed by atoms with Crippen LogP contribution in [0, 0.1) is 5.92 Å². The number of carbonyl (C=O) groups is 6. The van der Waals surface area contributed by atoms with Gasteiger partial charge in [0.25, 0.3) is 0 Å². The van der Waals surface area contributed by atoms with Crippen LogP contribution in [0.5, 0.6) is 0 Å². The van der Waals surface area contributed by atoms with E-state index in [-0.39, 0.29) is 37.3 Å². The Kier molecular flexibility index (Phi) is 12.0. The first-order valence-electron chi connectivity index (χ1n) is 23.2. The van der Waals surface area contributed by atoms with Crippen LogP contribution in [0.1, 0.15) is 102 Å². The maximum Gasteiger partial charge on any atom is 0.247 e. The first-order chi connectivity index (χ1) is 30.5. The zero-order chi connectivity index (χ0) is 43.8. The number of amides is 6. The van der Waals surface area contributed by atoms with Gasteiger partial charge in [-0.15, -0.1) is 0 Å². The smallest absolute Gasteiger partial charge is 0.247 e. The standard InChI is InChI=1S/C48H61N9O6/c1-28(49)41-46(62)56-23-11-18-40(56)45(61)57-38(29-12-3-2-4-13-29)19-20-39(57)44(60)52-37(25-31-27-51-35-17-8-6-15-33(31)35)43(59)55-48(21-9-10-22-48)47(63)53-36(42(58)54-41)24-30-26-50-34-16-7-5-14-32(30)34/h5-8,14-17,26-29,36-41,50-51H,2-4,9-13,18-25,49H2,1H3,(H,52,60)(H,53,63)(H,54,58)(H,55,59)/t28?,36-,37-,38+,39-,40+,41-/m0/s1. The van der Waals surface area contributed by atoms with Gasteiger partial charge in [0.2, 0.25) is 35.4 Å². The second-order valence-corrected chi connectivity index (χ2v) is 18.8. The van der Waals surface area contributed by atoms with E-state index in [4.69, 9.17) is 5.73 Å². The number of carbonyl (C=O) groups excluding carboxylic acids is 6. The van der Waals surface area contributed by atoms with Crippen molar-refractivity contribution in [1.29, 1.82) is 0 Å². The third-order valence-corrected chi connectivity index (χ3v) is 14.8. The van der Waals surface area contributed by atoms with Crippen LogP contribution in [0.2, 0.25) is 0 Å². The van der Waals surface area contributed by atoms with E-state index in [1.165, 1.54) is 0 Å². The zero-order valence-electron chi connectivity index (χ0n) is 36.1. The lowest BCUT2D eigenvalue weighted by Crippen LogP contribution is -2.66. The number of H-pyrrole nitrogens is 2. The number of fused-ring (bicyclic) bond motifs is 4. The Morgan fingerprint density at radius 1 is 0.651 bits per heavy atom. The van der Waals surface area contributed by atoms with Crippen molar-refractivity contribution in [2.45, 2.75) is 151 Å². The van der Waals surface area contributed by atoms with Crippen LogP contribution in [0.4, 0.5) is 0 Å². The Morgan fingerprint density at radius 2 is 1.27 bits per heavy atom. The highest BCUT2D eigenvalue weighted by Gasteiger charge is 2.51. The van der Waals surface area contributed by atoms with E-state index in [0.717, 1.165) is 65.0 Å². The topological polar surface area (TPSA) is 215 Å². The molecule has 0 radical (unpaired) electrons. The van der Waals surface area contributed by atoms with Crippen LogP contribution in [-0.2, 0) is 41.6 Å². The van der Waals surface area contributed by atoms with Crippen molar-refractivity contribution in [3.63, 3.8) is 0 Å². The fourth-order valence-corrected chi connectivity index (χ4v) is 11.4. The SMILES string of the molecule is CC(N)[C@@H]1NC(=O)[C@H](Cc2c[nH]c3ccccc23)NC(=O)C2(CCCC2)NC(=O)[C@H](Cc2c[nH]c3ccccc23)NC(=O)[C@@H]2CC[C@H](C3CCCCC3)N2C(=O)[C@H]2CCCN2C1=O. The number of benzene rings is 2. The third kappa shape index (κ3) is 8.31. The molecule has 5 heterocycles. The maximum absolute atomic E-state index is 15.2. The molecular formula is C48H61N9O6. The molecule has 2 aromatic heterocycles. The van der Waals surface area contributed by atoms with Gasteiger partial charge in [0.1, 0.15) is 35.7 Å². The average Bonchev–Trinajstić information content (AvgIpc) is 4.15. The fraction of sp³-hybridized carbons (Fsp3) is 0.542. The second kappa shape index (κ2) is 17.8. The molecule has 2 aliphatic carbocycles. The van der Waals surface area contributed by atoms with E-state index in [1.807, 2.05) is 60.9 Å². The van der Waals surface area contributed by atoms with Crippen LogP contribution in [0.25, 0.3) is 21.8 Å². The Balaban J connectivity index is 1.12. The molecule has 5 fully saturated rings. The second-order valence-electron chi connectivity index (χ2n) is 18.8. The lowest BCUT2D eigenvalue weighted by atomic mass is 9.83. The normalized spacial score (nSPS) is 28.3. The molecule has 334 valence electrons. The monoisotopic (exact) mass is 859 g/mol. The lowest BCUT2D eigenvalue weighted by Gasteiger charge is -2.40. The predicted molar refractivity (Wildman–Crippen MR) is 238 cm³/mol. The van der Waals surface area contributed by atoms with Gasteiger partial charge in [-0.3, -0.25) is 28.8 Å². The summed E-state index contributed by atoms with van der Waals surface area (Å²) in [5.41, 5.74) is 8.47. The molecular weight excluding hydrogens is 799 g/mol. The number of hydrogen-bond donors (Lipinski definition) is 7. The first-order valence-corrected chi connectivity index (χ1v) is 23.2. The number of rotatable bonds is 6. The van der Waals surface area contributed by atoms with Crippen LogP contribution in [0.3, 0.4) is 0 Å². The van der Waals surface area contributed by atoms with Crippen molar-refractivity contribution in [2.75, 3.05) is 6.54 Å². The summed E-state index contributed by atoms with van der Waals surface area (Å²) in [4.78, 5) is 99.0. The summed E-state index contributed by atoms with van der Waals surface area (Å²) in [7, 11) is 0. The van der Waals surface area contributed by atoms with Crippen LogP contribution in [0.15, 0.2) is 60.9 Å². The zero-order valence-corrected chi connectivity index (χ0v) is 36.1. The minimum absolute atomic E-state index is 0.0778. The molecule has 15 heteroatoms. The highest BCUT2D eigenvalue weighted by Crippen LogP contribution is 2.39. The summed E-state index contributed by atoms with van der Waals surface area (Å²) in [6.45, 7) is 1.93. The molecule has 6 amide bonds. The number of para-hydroxylation sites is 2. The summed E-state index contributed by atoms with van der Waals surface area (Å²) in [6, 6.07) is 9.18. The molecule has 3 saturated heterocycles. The van der Waals surface area contributed by atoms with E-state index in [9.17, 15) is 24.0 Å². The summed E-state index contributed by atoms with van der Waals surface area (Å²) >= 11 is 0. The molecule has 15 nitrogen and oxygen atoms in total. The summed E-state index contributed by atoms with van der Waals surface area (Å²) in [5.74, 6) is -2.61. The van der Waals surface area contributed by atoms with Crippen molar-refractivity contribution in [3.8, 4) is 0 Å². The molecule has 0 bridgehead atoms. The van der Waals surface area contributed by atoms with E-state index in [2.05, 4.69) is 31.2 Å². The Morgan fingerprint density at radius 3 is 1.90 bits per heavy atom. The first kappa shape index (κ1) is 42.6. The van der Waals surface area contributed by atoms with E-state index >= 15 is 4.79 Å². The van der Waals surface area contributed by atoms with Gasteiger partial charge >= 0.3 is 0 Å². The van der Waals surface area contributed by atoms with Gasteiger partial charge in [0.15, 0.2) is 0 Å². The number of aromatic nitrogens is 2. The van der Waals surface area contributed by atoms with Gasteiger partial charge in [0.05, 0.1) is 0 Å². The summed E-state index contributed by atoms with van der Waals surface area (Å²) < 4.78 is 0. The summed E-state index contributed by atoms with van der Waals surface area (Å²) in [5, 5.41) is 13.9. The predicted octanol–water partition coefficient (Wildman–Crippen LogP) is 3.61. The lowest BCUT2D eigenvalue weighted by molar-refractivity contribution is -0.151. The van der Waals surface area contributed by atoms with Crippen LogP contribution < -0.4 is 27.0 Å². The van der Waals surface area contributed by atoms with Gasteiger partial charge in [-0.1, -0.05) is 68.5 Å². The van der Waals surface area contributed by atoms with Crippen molar-refractivity contribution in [3.05, 3.63) is 72.1 Å². The van der Waals surface area contributed by atoms with Crippen LogP contribution in [-0.4, -0.2) is 110 Å². The van der Waals surface area contributed by atoms with Gasteiger partial charge < -0.3 is 46.8 Å². The largest absolute Gasteiger partial charge is 0.361 e. The number of nitrogens with zero attached hydrogens (tertiary/aromatic N) is 2. The molecule has 4 aromatic rings. The van der Waals surface area contributed by atoms with Gasteiger partial charge in [-0.2, -0.15) is 0 Å². The Bertz CT molecular complexity index is 2380. The van der Waals surface area contributed by atoms with Gasteiger partial charge in [-0.25, -0.2) is 0 Å². The molecule has 63 heavy (non-hydrogen) atoms. The minimum Gasteiger partial charge on any atom is -0.361 e. The third-order valence-electron chi connectivity index (χ3n) is 14.8. The molecule has 3 aliphatic heterocycles. The van der Waals surface area contributed by atoms with Gasteiger partial charge in [0, 0.05) is 65.7 Å². The molecule has 5 aliphatic rings. The highest BCUT2D eigenvalue weighted by atomic mass is 16.2. The molecule has 2 aromatic carbocycles. The highest BCUT2D eigenvalue weighted by molar-refractivity contribution is 6.01. The van der Waals surface area contributed by atoms with Crippen LogP contribution >= 0.6 is 0 Å². The van der Waals surface area contributed by atoms with E-state index in [1.54, 1.807) is 16.7 Å². The average molecular weight is 860 g/mol. The summed E-state index contributed by atoms with van der Waals surface area (Å²) in [6.07, 6.45) is 13.0. The van der Waals surface area contributed by atoms with Crippen molar-refractivity contribution < 1.29 is 28.8 Å². The molecule has 1 unspecified atom stereocenters. The number of aromatic amines is 2.